The minimum Gasteiger partial charge on any atom is -0.379 e. The Bertz CT molecular complexity index is 799. The third-order valence-electron chi connectivity index (χ3n) is 6.26. The predicted octanol–water partition coefficient (Wildman–Crippen LogP) is 2.91. The summed E-state index contributed by atoms with van der Waals surface area (Å²) in [5.74, 6) is 0.928. The number of hydrogen-bond donors (Lipinski definition) is 0. The van der Waals surface area contributed by atoms with Crippen molar-refractivity contribution >= 4 is 5.91 Å². The van der Waals surface area contributed by atoms with Crippen LogP contribution in [-0.4, -0.2) is 66.6 Å². The third-order valence-corrected chi connectivity index (χ3v) is 6.26. The van der Waals surface area contributed by atoms with Gasteiger partial charge in [-0.25, -0.2) is 0 Å². The Morgan fingerprint density at radius 1 is 0.903 bits per heavy atom. The topological polar surface area (TPSA) is 54.9 Å². The van der Waals surface area contributed by atoms with Gasteiger partial charge in [0, 0.05) is 38.6 Å². The highest BCUT2D eigenvalue weighted by Crippen LogP contribution is 2.22. The maximum absolute atomic E-state index is 12.6. The van der Waals surface area contributed by atoms with Crippen LogP contribution in [0.2, 0.25) is 0 Å². The molecule has 4 rings (SSSR count). The molecule has 6 nitrogen and oxygen atoms in total. The molecular formula is C25H33N3O3. The molecule has 1 aromatic heterocycles. The van der Waals surface area contributed by atoms with Gasteiger partial charge in [0.25, 0.3) is 0 Å². The smallest absolute Gasteiger partial charge is 0.236 e. The summed E-state index contributed by atoms with van der Waals surface area (Å²) in [5.41, 5.74) is 3.71. The van der Waals surface area contributed by atoms with Crippen molar-refractivity contribution in [1.29, 1.82) is 0 Å². The summed E-state index contributed by atoms with van der Waals surface area (Å²) in [5, 5.41) is 0. The molecule has 31 heavy (non-hydrogen) atoms. The number of piperidine rings is 1. The predicted molar refractivity (Wildman–Crippen MR) is 119 cm³/mol. The van der Waals surface area contributed by atoms with E-state index in [0.29, 0.717) is 25.7 Å². The fourth-order valence-electron chi connectivity index (χ4n) is 4.31. The van der Waals surface area contributed by atoms with Crippen LogP contribution in [0.5, 0.6) is 0 Å². The Morgan fingerprint density at radius 2 is 1.52 bits per heavy atom. The van der Waals surface area contributed by atoms with Crippen molar-refractivity contribution < 1.29 is 14.3 Å². The number of hydrogen-bond acceptors (Lipinski definition) is 5. The normalized spacial score (nSPS) is 18.3. The Morgan fingerprint density at radius 3 is 2.19 bits per heavy atom. The molecule has 2 saturated heterocycles. The van der Waals surface area contributed by atoms with Crippen LogP contribution in [0.15, 0.2) is 48.8 Å². The van der Waals surface area contributed by atoms with Gasteiger partial charge in [-0.1, -0.05) is 24.3 Å². The number of rotatable bonds is 8. The molecule has 0 unspecified atom stereocenters. The molecule has 0 atom stereocenters. The second-order valence-corrected chi connectivity index (χ2v) is 8.58. The van der Waals surface area contributed by atoms with Crippen molar-refractivity contribution in [1.82, 2.24) is 14.8 Å². The molecule has 1 amide bonds. The van der Waals surface area contributed by atoms with E-state index in [2.05, 4.69) is 39.0 Å². The molecule has 0 aliphatic carbocycles. The van der Waals surface area contributed by atoms with Gasteiger partial charge < -0.3 is 14.4 Å². The van der Waals surface area contributed by atoms with Gasteiger partial charge in [0.2, 0.25) is 5.91 Å². The Hall–Kier alpha value is -2.28. The molecule has 3 heterocycles. The van der Waals surface area contributed by atoms with Gasteiger partial charge in [0.05, 0.1) is 33.0 Å². The number of amides is 1. The zero-order valence-corrected chi connectivity index (χ0v) is 18.2. The Kier molecular flexibility index (Phi) is 8.04. The zero-order valence-electron chi connectivity index (χ0n) is 18.2. The fourth-order valence-corrected chi connectivity index (χ4v) is 4.31. The summed E-state index contributed by atoms with van der Waals surface area (Å²) in [6.07, 6.45) is 6.84. The lowest BCUT2D eigenvalue weighted by Gasteiger charge is -2.34. The minimum absolute atomic E-state index is 0.275. The number of carbonyl (C=O) groups is 1. The van der Waals surface area contributed by atoms with Gasteiger partial charge in [0.1, 0.15) is 0 Å². The Balaban J connectivity index is 1.16. The minimum atomic E-state index is 0.275. The number of benzene rings is 1. The molecule has 0 saturated carbocycles. The van der Waals surface area contributed by atoms with Gasteiger partial charge in [-0.2, -0.15) is 0 Å². The zero-order chi connectivity index (χ0) is 21.3. The summed E-state index contributed by atoms with van der Waals surface area (Å²) < 4.78 is 11.2. The number of carbonyl (C=O) groups excluding carboxylic acids is 1. The van der Waals surface area contributed by atoms with Crippen LogP contribution in [0.3, 0.4) is 0 Å². The highest BCUT2D eigenvalue weighted by atomic mass is 16.5. The van der Waals surface area contributed by atoms with E-state index in [-0.39, 0.29) is 5.91 Å². The second-order valence-electron chi connectivity index (χ2n) is 8.58. The molecule has 2 fully saturated rings. The van der Waals surface area contributed by atoms with Gasteiger partial charge in [0.15, 0.2) is 0 Å². The molecule has 0 spiro atoms. The van der Waals surface area contributed by atoms with E-state index in [9.17, 15) is 4.79 Å². The van der Waals surface area contributed by atoms with Crippen molar-refractivity contribution in [2.24, 2.45) is 5.92 Å². The van der Waals surface area contributed by atoms with Crippen LogP contribution in [0.25, 0.3) is 0 Å². The number of likely N-dealkylation sites (tertiary alicyclic amines) is 1. The number of pyridine rings is 1. The largest absolute Gasteiger partial charge is 0.379 e. The van der Waals surface area contributed by atoms with Crippen LogP contribution >= 0.6 is 0 Å². The molecule has 6 heteroatoms. The first-order chi connectivity index (χ1) is 15.3. The first-order valence-corrected chi connectivity index (χ1v) is 11.4. The molecule has 0 radical (unpaired) electrons. The van der Waals surface area contributed by atoms with Crippen molar-refractivity contribution in [3.8, 4) is 0 Å². The van der Waals surface area contributed by atoms with E-state index < -0.39 is 0 Å². The van der Waals surface area contributed by atoms with E-state index in [1.807, 2.05) is 12.1 Å². The highest BCUT2D eigenvalue weighted by Gasteiger charge is 2.24. The maximum atomic E-state index is 12.6. The molecule has 2 aliphatic heterocycles. The van der Waals surface area contributed by atoms with Crippen molar-refractivity contribution in [2.45, 2.75) is 32.5 Å². The second kappa shape index (κ2) is 11.4. The number of aromatic nitrogens is 1. The SMILES string of the molecule is O=C(CN1CCOCC1)N1CCC(Cc2ccc(COCc3ccncc3)cc2)CC1. The lowest BCUT2D eigenvalue weighted by Crippen LogP contribution is -2.47. The van der Waals surface area contributed by atoms with Crippen LogP contribution < -0.4 is 0 Å². The summed E-state index contributed by atoms with van der Waals surface area (Å²) in [7, 11) is 0. The van der Waals surface area contributed by atoms with Crippen LogP contribution in [-0.2, 0) is 33.9 Å². The van der Waals surface area contributed by atoms with E-state index in [1.54, 1.807) is 12.4 Å². The van der Waals surface area contributed by atoms with Crippen LogP contribution in [0.4, 0.5) is 0 Å². The van der Waals surface area contributed by atoms with E-state index in [4.69, 9.17) is 9.47 Å². The van der Waals surface area contributed by atoms with E-state index in [0.717, 1.165) is 64.2 Å². The summed E-state index contributed by atoms with van der Waals surface area (Å²) in [6.45, 7) is 6.75. The number of ether oxygens (including phenoxy) is 2. The van der Waals surface area contributed by atoms with Crippen molar-refractivity contribution in [2.75, 3.05) is 45.9 Å². The summed E-state index contributed by atoms with van der Waals surface area (Å²) in [6, 6.07) is 12.7. The summed E-state index contributed by atoms with van der Waals surface area (Å²) >= 11 is 0. The van der Waals surface area contributed by atoms with Gasteiger partial charge in [-0.15, -0.1) is 0 Å². The average Bonchev–Trinajstić information content (AvgIpc) is 2.82. The van der Waals surface area contributed by atoms with E-state index in [1.165, 1.54) is 11.1 Å². The maximum Gasteiger partial charge on any atom is 0.236 e. The monoisotopic (exact) mass is 423 g/mol. The van der Waals surface area contributed by atoms with E-state index >= 15 is 0 Å². The number of nitrogens with zero attached hydrogens (tertiary/aromatic N) is 3. The standard InChI is InChI=1S/C25H33N3O3/c29-25(18-27-13-15-30-16-14-27)28-11-7-22(8-12-28)17-21-1-3-23(4-2-21)19-31-20-24-5-9-26-10-6-24/h1-6,9-10,22H,7-8,11-20H2. The highest BCUT2D eigenvalue weighted by molar-refractivity contribution is 5.78. The first kappa shape index (κ1) is 21.9. The average molecular weight is 424 g/mol. The third kappa shape index (κ3) is 6.86. The van der Waals surface area contributed by atoms with Crippen LogP contribution in [0, 0.1) is 5.92 Å². The van der Waals surface area contributed by atoms with Gasteiger partial charge >= 0.3 is 0 Å². The molecule has 0 bridgehead atoms. The molecular weight excluding hydrogens is 390 g/mol. The molecule has 166 valence electrons. The van der Waals surface area contributed by atoms with Crippen molar-refractivity contribution in [3.05, 3.63) is 65.5 Å². The molecule has 0 N–H and O–H groups in total. The molecule has 1 aromatic carbocycles. The summed E-state index contributed by atoms with van der Waals surface area (Å²) in [4.78, 5) is 20.9. The number of morpholine rings is 1. The Labute approximate surface area is 185 Å². The molecule has 2 aromatic rings. The molecule has 2 aliphatic rings. The fraction of sp³-hybridized carbons (Fsp3) is 0.520. The first-order valence-electron chi connectivity index (χ1n) is 11.4. The lowest BCUT2D eigenvalue weighted by molar-refractivity contribution is -0.134. The quantitative estimate of drug-likeness (QED) is 0.654. The van der Waals surface area contributed by atoms with Gasteiger partial charge in [-0.05, 0) is 54.0 Å². The van der Waals surface area contributed by atoms with Crippen molar-refractivity contribution in [3.63, 3.8) is 0 Å². The lowest BCUT2D eigenvalue weighted by atomic mass is 9.90. The van der Waals surface area contributed by atoms with Crippen LogP contribution in [0.1, 0.15) is 29.5 Å². The van der Waals surface area contributed by atoms with Gasteiger partial charge in [-0.3, -0.25) is 14.7 Å².